The van der Waals surface area contributed by atoms with Crippen molar-refractivity contribution in [2.24, 2.45) is 0 Å². The number of rotatable bonds is 4. The van der Waals surface area contributed by atoms with Crippen molar-refractivity contribution >= 4 is 17.3 Å². The maximum absolute atomic E-state index is 10.3. The molecule has 5 rings (SSSR count). The van der Waals surface area contributed by atoms with Crippen LogP contribution < -0.4 is 5.01 Å². The average Bonchev–Trinajstić information content (AvgIpc) is 3.27. The van der Waals surface area contributed by atoms with Crippen LogP contribution >= 0.6 is 11.6 Å². The molecule has 1 heterocycles. The molecule has 0 N–H and O–H groups in total. The minimum atomic E-state index is -0.394. The van der Waals surface area contributed by atoms with Crippen molar-refractivity contribution in [1.29, 1.82) is 5.26 Å². The highest BCUT2D eigenvalue weighted by Gasteiger charge is 2.57. The molecule has 0 aromatic heterocycles. The smallest absolute Gasteiger partial charge is 0.200 e. The topological polar surface area (TPSA) is 30.3 Å². The number of anilines is 1. The van der Waals surface area contributed by atoms with Crippen molar-refractivity contribution in [3.63, 3.8) is 0 Å². The second-order valence-corrected chi connectivity index (χ2v) is 8.62. The minimum Gasteiger partial charge on any atom is -0.261 e. The molecule has 3 aromatic carbocycles. The van der Waals surface area contributed by atoms with Gasteiger partial charge in [0, 0.05) is 11.4 Å². The Morgan fingerprint density at radius 1 is 0.967 bits per heavy atom. The zero-order valence-electron chi connectivity index (χ0n) is 17.1. The highest BCUT2D eigenvalue weighted by molar-refractivity contribution is 6.30. The number of unbranched alkanes of at least 4 members (excludes halogenated alkanes) is 1. The van der Waals surface area contributed by atoms with Crippen molar-refractivity contribution in [2.45, 2.75) is 44.2 Å². The van der Waals surface area contributed by atoms with Gasteiger partial charge < -0.3 is 0 Å². The average molecular weight is 414 g/mol. The summed E-state index contributed by atoms with van der Waals surface area (Å²) in [5.41, 5.74) is 5.68. The molecule has 0 amide bonds. The lowest BCUT2D eigenvalue weighted by atomic mass is 9.82. The number of hydrogen-bond acceptors (Lipinski definition) is 3. The molecule has 1 saturated heterocycles. The van der Waals surface area contributed by atoms with Gasteiger partial charge in [-0.1, -0.05) is 79.9 Å². The minimum absolute atomic E-state index is 0.157. The summed E-state index contributed by atoms with van der Waals surface area (Å²) in [6.07, 6.45) is 6.64. The van der Waals surface area contributed by atoms with Crippen LogP contribution in [-0.4, -0.2) is 11.1 Å². The van der Waals surface area contributed by atoms with E-state index < -0.39 is 5.54 Å². The molecule has 150 valence electrons. The Bertz CT molecular complexity index is 1070. The van der Waals surface area contributed by atoms with E-state index in [1.165, 1.54) is 22.3 Å². The van der Waals surface area contributed by atoms with Gasteiger partial charge in [0.2, 0.25) is 0 Å². The van der Waals surface area contributed by atoms with E-state index in [2.05, 4.69) is 66.7 Å². The summed E-state index contributed by atoms with van der Waals surface area (Å²) in [5.74, 6) is 0. The fraction of sp³-hybridized carbons (Fsp3) is 0.269. The first-order valence-electron chi connectivity index (χ1n) is 10.6. The monoisotopic (exact) mass is 413 g/mol. The third-order valence-corrected chi connectivity index (χ3v) is 6.81. The molecule has 0 radical (unpaired) electrons. The molecule has 3 nitrogen and oxygen atoms in total. The lowest BCUT2D eigenvalue weighted by Gasteiger charge is -2.40. The molecule has 0 unspecified atom stereocenters. The molecule has 1 atom stereocenters. The Morgan fingerprint density at radius 2 is 1.57 bits per heavy atom. The predicted octanol–water partition coefficient (Wildman–Crippen LogP) is 6.73. The Morgan fingerprint density at radius 3 is 2.13 bits per heavy atom. The van der Waals surface area contributed by atoms with Crippen LogP contribution in [0.25, 0.3) is 11.1 Å². The molecule has 30 heavy (non-hydrogen) atoms. The summed E-state index contributed by atoms with van der Waals surface area (Å²) in [7, 11) is 0. The molecular weight excluding hydrogens is 390 g/mol. The molecule has 1 aliphatic heterocycles. The van der Waals surface area contributed by atoms with Crippen LogP contribution in [0.15, 0.2) is 72.8 Å². The van der Waals surface area contributed by atoms with Crippen molar-refractivity contribution in [1.82, 2.24) is 5.01 Å². The molecule has 0 saturated carbocycles. The third kappa shape index (κ3) is 2.64. The van der Waals surface area contributed by atoms with Gasteiger partial charge in [-0.15, -0.1) is 0 Å². The van der Waals surface area contributed by atoms with Crippen LogP contribution in [0.4, 0.5) is 5.69 Å². The summed E-state index contributed by atoms with van der Waals surface area (Å²) in [6, 6.07) is 25.3. The van der Waals surface area contributed by atoms with Crippen molar-refractivity contribution in [3.8, 4) is 17.3 Å². The van der Waals surface area contributed by atoms with E-state index in [0.717, 1.165) is 31.4 Å². The second-order valence-electron chi connectivity index (χ2n) is 8.18. The second kappa shape index (κ2) is 7.38. The number of hydrogen-bond donors (Lipinski definition) is 0. The maximum Gasteiger partial charge on any atom is 0.200 e. The standard InChI is InChI=1S/C26H24ClN3/c1-2-3-8-21-17-26(30(29(21)18-28)20-15-13-19(27)14-16-20)24-11-6-4-9-22(24)23-10-5-7-12-25(23)26/h4-7,9-16,21H,2-3,8,17H2,1H3/t21-/m1/s1. The fourth-order valence-corrected chi connectivity index (χ4v) is 5.46. The SMILES string of the molecule is CCCC[C@@H]1CC2(c3ccccc3-c3ccccc32)N(c2ccc(Cl)cc2)N1C#N. The Kier molecular flexibility index (Phi) is 4.68. The Labute approximate surface area is 183 Å². The van der Waals surface area contributed by atoms with Crippen LogP contribution in [0.2, 0.25) is 5.02 Å². The number of benzene rings is 3. The van der Waals surface area contributed by atoms with Crippen molar-refractivity contribution in [3.05, 3.63) is 88.9 Å². The van der Waals surface area contributed by atoms with E-state index in [1.807, 2.05) is 29.3 Å². The number of nitriles is 1. The van der Waals surface area contributed by atoms with Gasteiger partial charge in [0.1, 0.15) is 5.54 Å². The highest BCUT2D eigenvalue weighted by atomic mass is 35.5. The summed E-state index contributed by atoms with van der Waals surface area (Å²) in [6.45, 7) is 2.21. The lowest BCUT2D eigenvalue weighted by Crippen LogP contribution is -2.47. The molecule has 2 aliphatic rings. The van der Waals surface area contributed by atoms with Crippen molar-refractivity contribution < 1.29 is 0 Å². The molecular formula is C26H24ClN3. The van der Waals surface area contributed by atoms with E-state index in [9.17, 15) is 5.26 Å². The van der Waals surface area contributed by atoms with E-state index >= 15 is 0 Å². The Hall–Kier alpha value is -2.96. The largest absolute Gasteiger partial charge is 0.261 e. The number of hydrazine groups is 1. The van der Waals surface area contributed by atoms with E-state index in [4.69, 9.17) is 11.6 Å². The van der Waals surface area contributed by atoms with Crippen LogP contribution in [-0.2, 0) is 5.54 Å². The third-order valence-electron chi connectivity index (χ3n) is 6.55. The molecule has 4 heteroatoms. The van der Waals surface area contributed by atoms with Crippen LogP contribution in [0.5, 0.6) is 0 Å². The molecule has 1 aliphatic carbocycles. The first-order chi connectivity index (χ1) is 14.7. The van der Waals surface area contributed by atoms with Gasteiger partial charge in [0.05, 0.1) is 11.7 Å². The summed E-state index contributed by atoms with van der Waals surface area (Å²) in [5, 5.41) is 15.1. The van der Waals surface area contributed by atoms with Gasteiger partial charge >= 0.3 is 0 Å². The number of halogens is 1. The van der Waals surface area contributed by atoms with Gasteiger partial charge in [-0.05, 0) is 52.9 Å². The fourth-order valence-electron chi connectivity index (χ4n) is 5.33. The zero-order valence-corrected chi connectivity index (χ0v) is 17.8. The molecule has 1 fully saturated rings. The van der Waals surface area contributed by atoms with Gasteiger partial charge in [-0.25, -0.2) is 5.01 Å². The molecule has 3 aromatic rings. The molecule has 1 spiro atoms. The first-order valence-corrected chi connectivity index (χ1v) is 11.0. The first kappa shape index (κ1) is 19.0. The highest BCUT2D eigenvalue weighted by Crippen LogP contribution is 2.58. The summed E-state index contributed by atoms with van der Waals surface area (Å²) in [4.78, 5) is 0. The number of fused-ring (bicyclic) bond motifs is 5. The summed E-state index contributed by atoms with van der Waals surface area (Å²) < 4.78 is 0. The van der Waals surface area contributed by atoms with Gasteiger partial charge in [-0.3, -0.25) is 5.01 Å². The van der Waals surface area contributed by atoms with E-state index in [0.29, 0.717) is 5.02 Å². The van der Waals surface area contributed by atoms with Crippen LogP contribution in [0, 0.1) is 11.5 Å². The molecule has 0 bridgehead atoms. The van der Waals surface area contributed by atoms with Crippen LogP contribution in [0.1, 0.15) is 43.7 Å². The summed E-state index contributed by atoms with van der Waals surface area (Å²) >= 11 is 6.20. The predicted molar refractivity (Wildman–Crippen MR) is 122 cm³/mol. The number of nitrogens with zero attached hydrogens (tertiary/aromatic N) is 3. The normalized spacial score (nSPS) is 18.4. The van der Waals surface area contributed by atoms with Crippen molar-refractivity contribution in [2.75, 3.05) is 5.01 Å². The van der Waals surface area contributed by atoms with E-state index in [1.54, 1.807) is 0 Å². The van der Waals surface area contributed by atoms with Crippen LogP contribution in [0.3, 0.4) is 0 Å². The van der Waals surface area contributed by atoms with Gasteiger partial charge in [0.25, 0.3) is 0 Å². The van der Waals surface area contributed by atoms with Gasteiger partial charge in [-0.2, -0.15) is 5.26 Å². The lowest BCUT2D eigenvalue weighted by molar-refractivity contribution is 0.311. The maximum atomic E-state index is 10.3. The van der Waals surface area contributed by atoms with Gasteiger partial charge in [0.15, 0.2) is 6.19 Å². The quantitative estimate of drug-likeness (QED) is 0.444. The van der Waals surface area contributed by atoms with E-state index in [-0.39, 0.29) is 6.04 Å². The zero-order chi connectivity index (χ0) is 20.7. The Balaban J connectivity index is 1.78.